The van der Waals surface area contributed by atoms with Crippen molar-refractivity contribution in [2.24, 2.45) is 5.92 Å². The van der Waals surface area contributed by atoms with Crippen LogP contribution in [0.4, 0.5) is 4.39 Å². The van der Waals surface area contributed by atoms with Gasteiger partial charge in [-0.15, -0.1) is 0 Å². The van der Waals surface area contributed by atoms with Crippen LogP contribution in [0.2, 0.25) is 0 Å². The van der Waals surface area contributed by atoms with Gasteiger partial charge in [0.15, 0.2) is 0 Å². The Morgan fingerprint density at radius 2 is 2.21 bits per heavy atom. The van der Waals surface area contributed by atoms with Crippen LogP contribution in [0.25, 0.3) is 0 Å². The summed E-state index contributed by atoms with van der Waals surface area (Å²) in [4.78, 5) is 15.5. The van der Waals surface area contributed by atoms with Crippen molar-refractivity contribution in [3.05, 3.63) is 29.8 Å². The van der Waals surface area contributed by atoms with Crippen molar-refractivity contribution in [1.82, 2.24) is 10.3 Å². The molecule has 0 unspecified atom stereocenters. The number of aromatic nitrogens is 1. The monoisotopic (exact) mass is 266 g/mol. The van der Waals surface area contributed by atoms with Crippen molar-refractivity contribution >= 4 is 5.91 Å². The first-order valence-electron chi connectivity index (χ1n) is 6.60. The predicted molar refractivity (Wildman–Crippen MR) is 69.1 cm³/mol. The first kappa shape index (κ1) is 13.9. The zero-order chi connectivity index (χ0) is 13.9. The summed E-state index contributed by atoms with van der Waals surface area (Å²) in [7, 11) is 0. The van der Waals surface area contributed by atoms with Crippen LogP contribution in [-0.4, -0.2) is 28.1 Å². The van der Waals surface area contributed by atoms with Gasteiger partial charge in [0.25, 0.3) is 5.91 Å². The minimum atomic E-state index is -0.611. The van der Waals surface area contributed by atoms with Gasteiger partial charge in [0.2, 0.25) is 5.95 Å². The molecule has 0 atom stereocenters. The lowest BCUT2D eigenvalue weighted by Gasteiger charge is -2.38. The van der Waals surface area contributed by atoms with E-state index in [1.54, 1.807) is 0 Å². The lowest BCUT2D eigenvalue weighted by molar-refractivity contribution is 0.0716. The number of carbonyl (C=O) groups excluding carboxylic acids is 1. The maximum Gasteiger partial charge on any atom is 0.253 e. The molecule has 4 nitrogen and oxygen atoms in total. The average Bonchev–Trinajstić information content (AvgIpc) is 2.42. The van der Waals surface area contributed by atoms with Crippen LogP contribution in [-0.2, 0) is 0 Å². The summed E-state index contributed by atoms with van der Waals surface area (Å²) in [5, 5.41) is 12.5. The molecule has 1 aliphatic rings. The SMILES string of the molecule is CC1CCC(CO)(NC(=O)c2ccc(F)nc2)CC1. The van der Waals surface area contributed by atoms with E-state index in [4.69, 9.17) is 0 Å². The number of carbonyl (C=O) groups is 1. The van der Waals surface area contributed by atoms with Crippen LogP contribution in [0.1, 0.15) is 43.0 Å². The Bertz CT molecular complexity index is 439. The highest BCUT2D eigenvalue weighted by molar-refractivity contribution is 5.94. The number of pyridine rings is 1. The zero-order valence-corrected chi connectivity index (χ0v) is 11.0. The Morgan fingerprint density at radius 3 is 2.74 bits per heavy atom. The minimum Gasteiger partial charge on any atom is -0.394 e. The molecule has 0 saturated heterocycles. The summed E-state index contributed by atoms with van der Waals surface area (Å²) >= 11 is 0. The smallest absolute Gasteiger partial charge is 0.253 e. The Kier molecular flexibility index (Phi) is 4.14. The molecule has 5 heteroatoms. The van der Waals surface area contributed by atoms with Gasteiger partial charge in [0, 0.05) is 6.20 Å². The molecule has 1 amide bonds. The molecule has 0 spiro atoms. The summed E-state index contributed by atoms with van der Waals surface area (Å²) in [6, 6.07) is 2.55. The van der Waals surface area contributed by atoms with Crippen LogP contribution < -0.4 is 5.32 Å². The number of nitrogens with zero attached hydrogens (tertiary/aromatic N) is 1. The Balaban J connectivity index is 2.06. The second kappa shape index (κ2) is 5.65. The van der Waals surface area contributed by atoms with E-state index in [0.29, 0.717) is 11.5 Å². The molecule has 2 rings (SSSR count). The maximum absolute atomic E-state index is 12.7. The fourth-order valence-corrected chi connectivity index (χ4v) is 2.46. The average molecular weight is 266 g/mol. The van der Waals surface area contributed by atoms with Gasteiger partial charge in [-0.3, -0.25) is 4.79 Å². The molecule has 1 aromatic heterocycles. The van der Waals surface area contributed by atoms with Gasteiger partial charge in [-0.1, -0.05) is 6.92 Å². The van der Waals surface area contributed by atoms with Crippen molar-refractivity contribution in [1.29, 1.82) is 0 Å². The predicted octanol–water partition coefficient (Wildman–Crippen LogP) is 1.89. The minimum absolute atomic E-state index is 0.0694. The van der Waals surface area contributed by atoms with Gasteiger partial charge < -0.3 is 10.4 Å². The van der Waals surface area contributed by atoms with E-state index in [-0.39, 0.29) is 12.5 Å². The molecule has 1 fully saturated rings. The Morgan fingerprint density at radius 1 is 1.53 bits per heavy atom. The maximum atomic E-state index is 12.7. The van der Waals surface area contributed by atoms with Crippen LogP contribution in [0.15, 0.2) is 18.3 Å². The molecule has 0 bridgehead atoms. The lowest BCUT2D eigenvalue weighted by atomic mass is 9.77. The summed E-state index contributed by atoms with van der Waals surface area (Å²) in [5.74, 6) is -0.292. The van der Waals surface area contributed by atoms with E-state index in [2.05, 4.69) is 17.2 Å². The van der Waals surface area contributed by atoms with Gasteiger partial charge in [-0.05, 0) is 43.7 Å². The van der Waals surface area contributed by atoms with Gasteiger partial charge in [-0.2, -0.15) is 4.39 Å². The standard InChI is InChI=1S/C14H19FN2O2/c1-10-4-6-14(9-18,7-5-10)17-13(19)11-2-3-12(15)16-8-11/h2-3,8,10,18H,4-7,9H2,1H3,(H,17,19). The normalized spacial score (nSPS) is 27.0. The van der Waals surface area contributed by atoms with Crippen LogP contribution >= 0.6 is 0 Å². The molecule has 104 valence electrons. The number of hydrogen-bond donors (Lipinski definition) is 2. The largest absolute Gasteiger partial charge is 0.394 e. The molecular weight excluding hydrogens is 247 g/mol. The third kappa shape index (κ3) is 3.29. The van der Waals surface area contributed by atoms with Crippen LogP contribution in [0.3, 0.4) is 0 Å². The van der Waals surface area contributed by atoms with E-state index < -0.39 is 11.5 Å². The molecule has 1 aromatic rings. The van der Waals surface area contributed by atoms with E-state index in [1.165, 1.54) is 12.3 Å². The molecule has 1 heterocycles. The number of aliphatic hydroxyl groups excluding tert-OH is 1. The first-order chi connectivity index (χ1) is 9.04. The number of halogens is 1. The molecular formula is C14H19FN2O2. The Hall–Kier alpha value is -1.49. The van der Waals surface area contributed by atoms with Crippen molar-refractivity contribution in [2.75, 3.05) is 6.61 Å². The summed E-state index contributed by atoms with van der Waals surface area (Å²) in [5.41, 5.74) is -0.231. The Labute approximate surface area is 112 Å². The third-order valence-electron chi connectivity index (χ3n) is 3.90. The van der Waals surface area contributed by atoms with Gasteiger partial charge in [0.05, 0.1) is 17.7 Å². The van der Waals surface area contributed by atoms with Gasteiger partial charge in [-0.25, -0.2) is 4.98 Å². The van der Waals surface area contributed by atoms with E-state index in [1.807, 2.05) is 0 Å². The molecule has 1 aliphatic carbocycles. The molecule has 19 heavy (non-hydrogen) atoms. The van der Waals surface area contributed by atoms with Crippen molar-refractivity contribution in [2.45, 2.75) is 38.1 Å². The van der Waals surface area contributed by atoms with Crippen molar-refractivity contribution in [3.63, 3.8) is 0 Å². The highest BCUT2D eigenvalue weighted by Crippen LogP contribution is 2.31. The van der Waals surface area contributed by atoms with Gasteiger partial charge >= 0.3 is 0 Å². The third-order valence-corrected chi connectivity index (χ3v) is 3.90. The zero-order valence-electron chi connectivity index (χ0n) is 11.0. The fourth-order valence-electron chi connectivity index (χ4n) is 2.46. The molecule has 1 saturated carbocycles. The van der Waals surface area contributed by atoms with Crippen molar-refractivity contribution < 1.29 is 14.3 Å². The van der Waals surface area contributed by atoms with Crippen LogP contribution in [0, 0.1) is 11.9 Å². The number of nitrogens with one attached hydrogen (secondary N) is 1. The van der Waals surface area contributed by atoms with Gasteiger partial charge in [0.1, 0.15) is 0 Å². The summed E-state index contributed by atoms with van der Waals surface area (Å²) in [6.45, 7) is 2.10. The van der Waals surface area contributed by atoms with E-state index in [9.17, 15) is 14.3 Å². The first-order valence-corrected chi connectivity index (χ1v) is 6.60. The summed E-state index contributed by atoms with van der Waals surface area (Å²) in [6.07, 6.45) is 4.72. The number of amides is 1. The number of hydrogen-bond acceptors (Lipinski definition) is 3. The van der Waals surface area contributed by atoms with Crippen molar-refractivity contribution in [3.8, 4) is 0 Å². The fraction of sp³-hybridized carbons (Fsp3) is 0.571. The van der Waals surface area contributed by atoms with Crippen LogP contribution in [0.5, 0.6) is 0 Å². The van der Waals surface area contributed by atoms with E-state index in [0.717, 1.165) is 31.7 Å². The topological polar surface area (TPSA) is 62.2 Å². The number of aliphatic hydroxyl groups is 1. The molecule has 2 N–H and O–H groups in total. The summed E-state index contributed by atoms with van der Waals surface area (Å²) < 4.78 is 12.7. The molecule has 0 aromatic carbocycles. The molecule has 0 radical (unpaired) electrons. The second-order valence-corrected chi connectivity index (χ2v) is 5.44. The highest BCUT2D eigenvalue weighted by atomic mass is 19.1. The highest BCUT2D eigenvalue weighted by Gasteiger charge is 2.35. The quantitative estimate of drug-likeness (QED) is 0.821. The second-order valence-electron chi connectivity index (χ2n) is 5.44. The number of rotatable bonds is 3. The van der Waals surface area contributed by atoms with E-state index >= 15 is 0 Å². The lowest BCUT2D eigenvalue weighted by Crippen LogP contribution is -2.53. The molecule has 0 aliphatic heterocycles.